The molecule has 0 aliphatic carbocycles. The fourth-order valence-electron chi connectivity index (χ4n) is 1.61. The average Bonchev–Trinajstić information content (AvgIpc) is 2.30. The Morgan fingerprint density at radius 1 is 1.32 bits per heavy atom. The van der Waals surface area contributed by atoms with Crippen molar-refractivity contribution in [1.29, 1.82) is 0 Å². The number of hydrogen-bond donors (Lipinski definition) is 5. The van der Waals surface area contributed by atoms with Crippen LogP contribution in [-0.4, -0.2) is 33.4 Å². The van der Waals surface area contributed by atoms with Gasteiger partial charge in [-0.1, -0.05) is 0 Å². The normalized spacial score (nSPS) is 22.4. The highest BCUT2D eigenvalue weighted by Crippen LogP contribution is 2.16. The lowest BCUT2D eigenvalue weighted by molar-refractivity contribution is -0.137. The summed E-state index contributed by atoms with van der Waals surface area (Å²) < 4.78 is 0. The second-order valence-electron chi connectivity index (χ2n) is 3.92. The van der Waals surface area contributed by atoms with Crippen LogP contribution < -0.4 is 16.0 Å². The minimum absolute atomic E-state index is 0.0221. The van der Waals surface area contributed by atoms with Crippen molar-refractivity contribution in [2.45, 2.75) is 6.23 Å². The molecule has 1 saturated heterocycles. The molecule has 0 spiro atoms. The molecule has 0 aromatic heterocycles. The van der Waals surface area contributed by atoms with Gasteiger partial charge in [-0.15, -0.1) is 0 Å². The second kappa shape index (κ2) is 5.21. The Bertz CT molecular complexity index is 531. The molecule has 2 atom stereocenters. The Morgan fingerprint density at radius 3 is 2.53 bits per heavy atom. The third-order valence-electron chi connectivity index (χ3n) is 2.53. The van der Waals surface area contributed by atoms with E-state index in [0.29, 0.717) is 5.69 Å². The lowest BCUT2D eigenvalue weighted by atomic mass is 10.0. The summed E-state index contributed by atoms with van der Waals surface area (Å²) in [4.78, 5) is 23.5. The summed E-state index contributed by atoms with van der Waals surface area (Å²) >= 11 is 4.68. The highest BCUT2D eigenvalue weighted by molar-refractivity contribution is 7.80. The van der Waals surface area contributed by atoms with Gasteiger partial charge in [0.25, 0.3) is 0 Å². The maximum Gasteiger partial charge on any atom is 0.243 e. The van der Waals surface area contributed by atoms with Crippen LogP contribution in [0.5, 0.6) is 5.75 Å². The van der Waals surface area contributed by atoms with Crippen LogP contribution in [0.1, 0.15) is 0 Å². The van der Waals surface area contributed by atoms with Gasteiger partial charge in [0.05, 0.1) is 0 Å². The van der Waals surface area contributed by atoms with Gasteiger partial charge in [0, 0.05) is 5.69 Å². The third-order valence-corrected chi connectivity index (χ3v) is 2.75. The average molecular weight is 281 g/mol. The van der Waals surface area contributed by atoms with E-state index < -0.39 is 24.0 Å². The number of hydrogen-bond acceptors (Lipinski definition) is 5. The molecule has 1 aliphatic rings. The fourth-order valence-corrected chi connectivity index (χ4v) is 1.84. The highest BCUT2D eigenvalue weighted by atomic mass is 32.1. The predicted octanol–water partition coefficient (Wildman–Crippen LogP) is -0.730. The van der Waals surface area contributed by atoms with Gasteiger partial charge < -0.3 is 26.2 Å². The van der Waals surface area contributed by atoms with E-state index in [1.165, 1.54) is 24.3 Å². The molecule has 1 aromatic carbocycles. The Balaban J connectivity index is 2.09. The van der Waals surface area contributed by atoms with Gasteiger partial charge in [0.15, 0.2) is 11.0 Å². The minimum atomic E-state index is -1.38. The van der Waals surface area contributed by atoms with Crippen molar-refractivity contribution in [3.63, 3.8) is 0 Å². The van der Waals surface area contributed by atoms with Crippen LogP contribution in [0.2, 0.25) is 0 Å². The molecule has 2 unspecified atom stereocenters. The van der Waals surface area contributed by atoms with E-state index in [1.807, 2.05) is 0 Å². The van der Waals surface area contributed by atoms with Crippen molar-refractivity contribution >= 4 is 34.8 Å². The van der Waals surface area contributed by atoms with Gasteiger partial charge in [-0.05, 0) is 36.5 Å². The Kier molecular flexibility index (Phi) is 3.63. The van der Waals surface area contributed by atoms with Gasteiger partial charge in [0.2, 0.25) is 11.8 Å². The van der Waals surface area contributed by atoms with Gasteiger partial charge in [-0.3, -0.25) is 9.59 Å². The zero-order valence-corrected chi connectivity index (χ0v) is 10.4. The zero-order chi connectivity index (χ0) is 14.0. The van der Waals surface area contributed by atoms with Crippen molar-refractivity contribution in [1.82, 2.24) is 10.6 Å². The van der Waals surface area contributed by atoms with Crippen LogP contribution in [-0.2, 0) is 9.59 Å². The number of phenols is 1. The summed E-state index contributed by atoms with van der Waals surface area (Å²) in [5, 5.41) is 25.8. The van der Waals surface area contributed by atoms with Gasteiger partial charge in [0.1, 0.15) is 12.0 Å². The molecule has 5 N–H and O–H groups in total. The van der Waals surface area contributed by atoms with Crippen LogP contribution in [0, 0.1) is 5.92 Å². The predicted molar refractivity (Wildman–Crippen MR) is 70.1 cm³/mol. The van der Waals surface area contributed by atoms with E-state index in [2.05, 4.69) is 28.2 Å². The summed E-state index contributed by atoms with van der Waals surface area (Å²) in [5.74, 6) is -2.60. The molecule has 7 nitrogen and oxygen atoms in total. The van der Waals surface area contributed by atoms with Gasteiger partial charge >= 0.3 is 0 Å². The fraction of sp³-hybridized carbons (Fsp3) is 0.182. The lowest BCUT2D eigenvalue weighted by Crippen LogP contribution is -2.61. The number of phenolic OH excluding ortho intramolecular Hbond substituents is 1. The largest absolute Gasteiger partial charge is 0.508 e. The Hall–Kier alpha value is -2.19. The van der Waals surface area contributed by atoms with Gasteiger partial charge in [-0.25, -0.2) is 0 Å². The Labute approximate surface area is 113 Å². The maximum absolute atomic E-state index is 11.9. The standard InChI is InChI=1S/C11H11N3O4S/c15-6-3-1-5(2-4-6)12-8(16)7-9(17)13-11(19)14-10(7)18/h1-4,7,9,15,17H,(H,12,16)(H2,13,14,18,19). The van der Waals surface area contributed by atoms with E-state index in [9.17, 15) is 14.7 Å². The van der Waals surface area contributed by atoms with E-state index in [0.717, 1.165) is 0 Å². The topological polar surface area (TPSA) is 111 Å². The molecule has 0 radical (unpaired) electrons. The molecule has 8 heteroatoms. The first-order valence-electron chi connectivity index (χ1n) is 5.36. The number of aromatic hydroxyl groups is 1. The number of amides is 2. The first-order valence-corrected chi connectivity index (χ1v) is 5.77. The van der Waals surface area contributed by atoms with E-state index >= 15 is 0 Å². The number of anilines is 1. The third kappa shape index (κ3) is 2.98. The molecular weight excluding hydrogens is 270 g/mol. The number of nitrogens with one attached hydrogen (secondary N) is 3. The first-order chi connectivity index (χ1) is 8.97. The summed E-state index contributed by atoms with van der Waals surface area (Å²) in [6.07, 6.45) is -1.38. The lowest BCUT2D eigenvalue weighted by Gasteiger charge is -2.28. The smallest absolute Gasteiger partial charge is 0.243 e. The van der Waals surface area contributed by atoms with Gasteiger partial charge in [-0.2, -0.15) is 0 Å². The zero-order valence-electron chi connectivity index (χ0n) is 9.58. The summed E-state index contributed by atoms with van der Waals surface area (Å²) in [6, 6.07) is 5.72. The van der Waals surface area contributed by atoms with Crippen LogP contribution in [0.15, 0.2) is 24.3 Å². The molecular formula is C11H11N3O4S. The number of thiocarbonyl (C=S) groups is 1. The van der Waals surface area contributed by atoms with E-state index in [1.54, 1.807) is 0 Å². The van der Waals surface area contributed by atoms with Crippen molar-refractivity contribution in [3.8, 4) is 5.75 Å². The molecule has 0 saturated carbocycles. The Morgan fingerprint density at radius 2 is 1.95 bits per heavy atom. The van der Waals surface area contributed by atoms with Crippen LogP contribution in [0.4, 0.5) is 5.69 Å². The molecule has 2 rings (SSSR count). The highest BCUT2D eigenvalue weighted by Gasteiger charge is 2.38. The minimum Gasteiger partial charge on any atom is -0.508 e. The number of carbonyl (C=O) groups excluding carboxylic acids is 2. The summed E-state index contributed by atoms with van der Waals surface area (Å²) in [5.41, 5.74) is 0.399. The van der Waals surface area contributed by atoms with Crippen molar-refractivity contribution < 1.29 is 19.8 Å². The summed E-state index contributed by atoms with van der Waals surface area (Å²) in [7, 11) is 0. The molecule has 1 aliphatic heterocycles. The number of aliphatic hydroxyl groups excluding tert-OH is 1. The van der Waals surface area contributed by atoms with E-state index in [-0.39, 0.29) is 10.9 Å². The quantitative estimate of drug-likeness (QED) is 0.278. The number of benzene rings is 1. The number of carbonyl (C=O) groups is 2. The SMILES string of the molecule is O=C1NC(=S)NC(O)C1C(=O)Nc1ccc(O)cc1. The molecule has 19 heavy (non-hydrogen) atoms. The molecule has 0 bridgehead atoms. The monoisotopic (exact) mass is 281 g/mol. The molecule has 2 amide bonds. The summed E-state index contributed by atoms with van der Waals surface area (Å²) in [6.45, 7) is 0. The first kappa shape index (κ1) is 13.2. The van der Waals surface area contributed by atoms with Crippen molar-refractivity contribution in [2.24, 2.45) is 5.92 Å². The van der Waals surface area contributed by atoms with E-state index in [4.69, 9.17) is 5.11 Å². The number of rotatable bonds is 2. The van der Waals surface area contributed by atoms with Crippen LogP contribution in [0.3, 0.4) is 0 Å². The molecule has 1 aromatic rings. The van der Waals surface area contributed by atoms with Crippen molar-refractivity contribution in [2.75, 3.05) is 5.32 Å². The second-order valence-corrected chi connectivity index (χ2v) is 4.33. The van der Waals surface area contributed by atoms with Crippen LogP contribution >= 0.6 is 12.2 Å². The molecule has 100 valence electrons. The number of aliphatic hydroxyl groups is 1. The molecule has 1 fully saturated rings. The van der Waals surface area contributed by atoms with Crippen LogP contribution in [0.25, 0.3) is 0 Å². The maximum atomic E-state index is 11.9. The van der Waals surface area contributed by atoms with Crippen molar-refractivity contribution in [3.05, 3.63) is 24.3 Å². The molecule has 1 heterocycles.